The molecular formula is C14H13BrFNS. The fourth-order valence-corrected chi connectivity index (χ4v) is 3.06. The van der Waals surface area contributed by atoms with Gasteiger partial charge in [-0.2, -0.15) is 0 Å². The van der Waals surface area contributed by atoms with Crippen LogP contribution in [-0.4, -0.2) is 4.98 Å². The smallest absolute Gasteiger partial charge is 0.137 e. The second kappa shape index (κ2) is 5.85. The van der Waals surface area contributed by atoms with Gasteiger partial charge in [-0.3, -0.25) is 0 Å². The Morgan fingerprint density at radius 1 is 1.22 bits per heavy atom. The number of nitrogens with zero attached hydrogens (tertiary/aromatic N) is 1. The van der Waals surface area contributed by atoms with Crippen molar-refractivity contribution in [2.75, 3.05) is 0 Å². The molecule has 1 aromatic carbocycles. The predicted octanol–water partition coefficient (Wildman–Crippen LogP) is 4.89. The summed E-state index contributed by atoms with van der Waals surface area (Å²) in [5.74, 6) is 0.558. The van der Waals surface area contributed by atoms with E-state index < -0.39 is 0 Å². The van der Waals surface area contributed by atoms with Crippen LogP contribution in [0.5, 0.6) is 0 Å². The number of aromatic nitrogens is 1. The average molecular weight is 326 g/mol. The molecule has 0 amide bonds. The fraction of sp³-hybridized carbons (Fsp3) is 0.214. The third kappa shape index (κ3) is 3.56. The van der Waals surface area contributed by atoms with Crippen molar-refractivity contribution in [3.63, 3.8) is 0 Å². The molecule has 0 unspecified atom stereocenters. The predicted molar refractivity (Wildman–Crippen MR) is 77.4 cm³/mol. The minimum absolute atomic E-state index is 0.228. The lowest BCUT2D eigenvalue weighted by Crippen LogP contribution is -1.89. The maximum Gasteiger partial charge on any atom is 0.137 e. The molecule has 0 saturated heterocycles. The van der Waals surface area contributed by atoms with E-state index in [0.717, 1.165) is 22.0 Å². The van der Waals surface area contributed by atoms with Gasteiger partial charge in [0.25, 0.3) is 0 Å². The van der Waals surface area contributed by atoms with Crippen molar-refractivity contribution in [2.45, 2.75) is 24.6 Å². The van der Waals surface area contributed by atoms with Gasteiger partial charge in [0.1, 0.15) is 5.82 Å². The first-order valence-electron chi connectivity index (χ1n) is 5.56. The van der Waals surface area contributed by atoms with E-state index in [9.17, 15) is 4.39 Å². The van der Waals surface area contributed by atoms with Crippen LogP contribution >= 0.6 is 27.7 Å². The van der Waals surface area contributed by atoms with Crippen LogP contribution < -0.4 is 0 Å². The molecule has 1 aromatic heterocycles. The van der Waals surface area contributed by atoms with E-state index in [1.54, 1.807) is 17.8 Å². The van der Waals surface area contributed by atoms with E-state index in [1.807, 2.05) is 13.0 Å². The Balaban J connectivity index is 2.08. The van der Waals surface area contributed by atoms with Crippen molar-refractivity contribution >= 4 is 27.7 Å². The lowest BCUT2D eigenvalue weighted by atomic mass is 10.2. The van der Waals surface area contributed by atoms with E-state index in [-0.39, 0.29) is 5.82 Å². The summed E-state index contributed by atoms with van der Waals surface area (Å²) in [6.45, 7) is 4.05. The Morgan fingerprint density at radius 2 is 2.00 bits per heavy atom. The maximum absolute atomic E-state index is 13.1. The van der Waals surface area contributed by atoms with E-state index >= 15 is 0 Å². The zero-order chi connectivity index (χ0) is 13.1. The molecule has 0 saturated carbocycles. The number of benzene rings is 1. The van der Waals surface area contributed by atoms with E-state index in [2.05, 4.69) is 40.0 Å². The number of rotatable bonds is 3. The van der Waals surface area contributed by atoms with Crippen LogP contribution in [-0.2, 0) is 5.75 Å². The first kappa shape index (κ1) is 13.6. The summed E-state index contributed by atoms with van der Waals surface area (Å²) in [6.07, 6.45) is 0. The first-order chi connectivity index (χ1) is 8.54. The van der Waals surface area contributed by atoms with Crippen molar-refractivity contribution in [2.24, 2.45) is 0 Å². The van der Waals surface area contributed by atoms with Crippen LogP contribution in [0.1, 0.15) is 16.8 Å². The molecule has 0 N–H and O–H groups in total. The molecule has 0 aliphatic rings. The molecule has 94 valence electrons. The highest BCUT2D eigenvalue weighted by atomic mass is 79.9. The number of pyridine rings is 1. The van der Waals surface area contributed by atoms with Crippen LogP contribution in [0.4, 0.5) is 4.39 Å². The normalized spacial score (nSPS) is 10.7. The number of hydrogen-bond acceptors (Lipinski definition) is 2. The van der Waals surface area contributed by atoms with Crippen molar-refractivity contribution in [3.05, 3.63) is 57.4 Å². The minimum Gasteiger partial charge on any atom is -0.247 e. The molecule has 1 nitrogen and oxygen atoms in total. The molecule has 2 aromatic rings. The summed E-state index contributed by atoms with van der Waals surface area (Å²) in [7, 11) is 0. The molecule has 2 rings (SSSR count). The van der Waals surface area contributed by atoms with Crippen LogP contribution in [0.3, 0.4) is 0 Å². The largest absolute Gasteiger partial charge is 0.247 e. The SMILES string of the molecule is Cc1cc(C)nc(SCc2ccc(F)c(Br)c2)c1. The van der Waals surface area contributed by atoms with E-state index in [1.165, 1.54) is 11.6 Å². The summed E-state index contributed by atoms with van der Waals surface area (Å²) in [6, 6.07) is 9.21. The molecule has 4 heteroatoms. The standard InChI is InChI=1S/C14H13BrFNS/c1-9-5-10(2)17-14(6-9)18-8-11-3-4-13(16)12(15)7-11/h3-7H,8H2,1-2H3. The van der Waals surface area contributed by atoms with Crippen molar-refractivity contribution in [3.8, 4) is 0 Å². The Bertz CT molecular complexity index is 551. The first-order valence-corrected chi connectivity index (χ1v) is 7.34. The summed E-state index contributed by atoms with van der Waals surface area (Å²) in [5, 5.41) is 1.01. The number of thioether (sulfide) groups is 1. The van der Waals surface area contributed by atoms with Gasteiger partial charge in [-0.15, -0.1) is 11.8 Å². The number of hydrogen-bond donors (Lipinski definition) is 0. The van der Waals surface area contributed by atoms with Crippen LogP contribution in [0, 0.1) is 19.7 Å². The van der Waals surface area contributed by atoms with Gasteiger partial charge in [0.05, 0.1) is 9.50 Å². The summed E-state index contributed by atoms with van der Waals surface area (Å²) in [4.78, 5) is 4.47. The molecule has 0 fully saturated rings. The van der Waals surface area contributed by atoms with Gasteiger partial charge in [0, 0.05) is 11.4 Å². The van der Waals surface area contributed by atoms with Gasteiger partial charge < -0.3 is 0 Å². The lowest BCUT2D eigenvalue weighted by Gasteiger charge is -2.05. The quantitative estimate of drug-likeness (QED) is 0.745. The molecule has 0 bridgehead atoms. The molecule has 18 heavy (non-hydrogen) atoms. The third-order valence-corrected chi connectivity index (χ3v) is 4.04. The lowest BCUT2D eigenvalue weighted by molar-refractivity contribution is 0.620. The molecule has 0 radical (unpaired) electrons. The monoisotopic (exact) mass is 325 g/mol. The number of halogens is 2. The highest BCUT2D eigenvalue weighted by Crippen LogP contribution is 2.25. The van der Waals surface area contributed by atoms with Gasteiger partial charge in [-0.1, -0.05) is 6.07 Å². The summed E-state index contributed by atoms with van der Waals surface area (Å²) >= 11 is 4.86. The fourth-order valence-electron chi connectivity index (χ4n) is 1.66. The van der Waals surface area contributed by atoms with E-state index in [0.29, 0.717) is 4.47 Å². The Hall–Kier alpha value is -0.870. The van der Waals surface area contributed by atoms with Gasteiger partial charge in [0.15, 0.2) is 0 Å². The highest BCUT2D eigenvalue weighted by molar-refractivity contribution is 9.10. The zero-order valence-electron chi connectivity index (χ0n) is 10.2. The Morgan fingerprint density at radius 3 is 2.67 bits per heavy atom. The highest BCUT2D eigenvalue weighted by Gasteiger charge is 2.03. The van der Waals surface area contributed by atoms with Gasteiger partial charge >= 0.3 is 0 Å². The zero-order valence-corrected chi connectivity index (χ0v) is 12.6. The maximum atomic E-state index is 13.1. The van der Waals surface area contributed by atoms with Gasteiger partial charge in [-0.05, 0) is 65.2 Å². The topological polar surface area (TPSA) is 12.9 Å². The van der Waals surface area contributed by atoms with Crippen molar-refractivity contribution < 1.29 is 4.39 Å². The Labute approximate surface area is 119 Å². The van der Waals surface area contributed by atoms with Crippen LogP contribution in [0.25, 0.3) is 0 Å². The third-order valence-electron chi connectivity index (χ3n) is 2.44. The van der Waals surface area contributed by atoms with Gasteiger partial charge in [-0.25, -0.2) is 9.37 Å². The van der Waals surface area contributed by atoms with Crippen LogP contribution in [0.15, 0.2) is 39.8 Å². The molecule has 0 aliphatic heterocycles. The summed E-state index contributed by atoms with van der Waals surface area (Å²) in [5.41, 5.74) is 3.32. The molecule has 0 atom stereocenters. The van der Waals surface area contributed by atoms with Crippen molar-refractivity contribution in [1.29, 1.82) is 0 Å². The molecular weight excluding hydrogens is 313 g/mol. The average Bonchev–Trinajstić information content (AvgIpc) is 2.29. The van der Waals surface area contributed by atoms with Crippen LogP contribution in [0.2, 0.25) is 0 Å². The van der Waals surface area contributed by atoms with Crippen molar-refractivity contribution in [1.82, 2.24) is 4.98 Å². The minimum atomic E-state index is -0.228. The second-order valence-electron chi connectivity index (χ2n) is 4.16. The molecule has 1 heterocycles. The second-order valence-corrected chi connectivity index (χ2v) is 6.01. The molecule has 0 aliphatic carbocycles. The molecule has 0 spiro atoms. The Kier molecular flexibility index (Phi) is 4.40. The van der Waals surface area contributed by atoms with Gasteiger partial charge in [0.2, 0.25) is 0 Å². The van der Waals surface area contributed by atoms with E-state index in [4.69, 9.17) is 0 Å². The summed E-state index contributed by atoms with van der Waals surface area (Å²) < 4.78 is 13.6. The number of aryl methyl sites for hydroxylation is 2.